The number of benzene rings is 2. The van der Waals surface area contributed by atoms with E-state index < -0.39 is 35.9 Å². The molecule has 0 bridgehead atoms. The van der Waals surface area contributed by atoms with Gasteiger partial charge < -0.3 is 15.0 Å². The van der Waals surface area contributed by atoms with Crippen molar-refractivity contribution in [3.8, 4) is 0 Å². The van der Waals surface area contributed by atoms with Gasteiger partial charge in [-0.3, -0.25) is 19.2 Å². The van der Waals surface area contributed by atoms with E-state index in [0.29, 0.717) is 31.5 Å². The molecule has 2 aromatic carbocycles. The number of nitrogens with zero attached hydrogens (tertiary/aromatic N) is 1. The largest absolute Gasteiger partial charge is 0.457 e. The summed E-state index contributed by atoms with van der Waals surface area (Å²) in [5.74, 6) is -3.64. The van der Waals surface area contributed by atoms with Crippen LogP contribution in [0.25, 0.3) is 0 Å². The number of carbonyl (C=O) groups is 4. The van der Waals surface area contributed by atoms with Crippen molar-refractivity contribution < 1.29 is 32.7 Å². The molecule has 1 saturated heterocycles. The first-order chi connectivity index (χ1) is 15.2. The molecule has 168 valence electrons. The van der Waals surface area contributed by atoms with E-state index in [1.54, 1.807) is 4.90 Å². The summed E-state index contributed by atoms with van der Waals surface area (Å²) in [7, 11) is 0. The zero-order valence-electron chi connectivity index (χ0n) is 17.4. The highest BCUT2D eigenvalue weighted by Crippen LogP contribution is 2.21. The van der Waals surface area contributed by atoms with Crippen LogP contribution in [0.15, 0.2) is 42.5 Å². The Balaban J connectivity index is 1.49. The fourth-order valence-corrected chi connectivity index (χ4v) is 3.45. The van der Waals surface area contributed by atoms with Crippen LogP contribution in [0, 0.1) is 17.6 Å². The summed E-state index contributed by atoms with van der Waals surface area (Å²) in [5, 5.41) is 2.41. The Hall–Kier alpha value is -3.62. The zero-order chi connectivity index (χ0) is 23.3. The number of hydrogen-bond acceptors (Lipinski definition) is 5. The summed E-state index contributed by atoms with van der Waals surface area (Å²) in [6.07, 6.45) is 0.722. The highest BCUT2D eigenvalue weighted by Gasteiger charge is 2.29. The molecule has 0 radical (unpaired) electrons. The lowest BCUT2D eigenvalue weighted by molar-refractivity contribution is -0.148. The van der Waals surface area contributed by atoms with E-state index in [1.165, 1.54) is 43.3 Å². The number of piperidine rings is 1. The average Bonchev–Trinajstić information content (AvgIpc) is 2.77. The molecule has 0 saturated carbocycles. The number of nitrogens with one attached hydrogen (secondary N) is 1. The van der Waals surface area contributed by atoms with E-state index in [0.717, 1.165) is 6.07 Å². The molecule has 1 heterocycles. The molecule has 1 aliphatic heterocycles. The minimum atomic E-state index is -0.829. The Bertz CT molecular complexity index is 1030. The van der Waals surface area contributed by atoms with Gasteiger partial charge in [0.2, 0.25) is 11.7 Å². The number of anilines is 1. The SMILES string of the molecule is CC(=O)Nc1ccc(C(=O)COC(=O)C2CCN(C(=O)c3ccc(F)cc3)CC2)c(F)c1. The third kappa shape index (κ3) is 5.75. The lowest BCUT2D eigenvalue weighted by Gasteiger charge is -2.31. The molecular weight excluding hydrogens is 422 g/mol. The molecule has 0 spiro atoms. The maximum atomic E-state index is 14.1. The number of likely N-dealkylation sites (tertiary alicyclic amines) is 1. The lowest BCUT2D eigenvalue weighted by atomic mass is 9.96. The highest BCUT2D eigenvalue weighted by atomic mass is 19.1. The summed E-state index contributed by atoms with van der Waals surface area (Å²) >= 11 is 0. The minimum absolute atomic E-state index is 0.213. The summed E-state index contributed by atoms with van der Waals surface area (Å²) in [6, 6.07) is 8.86. The Morgan fingerprint density at radius 1 is 1.03 bits per heavy atom. The molecule has 3 rings (SSSR count). The van der Waals surface area contributed by atoms with Crippen molar-refractivity contribution in [2.24, 2.45) is 5.92 Å². The molecule has 2 amide bonds. The molecule has 0 atom stereocenters. The standard InChI is InChI=1S/C23H22F2N2O5/c1-14(28)26-18-6-7-19(20(25)12-18)21(29)13-32-23(31)16-8-10-27(11-9-16)22(30)15-2-4-17(24)5-3-15/h2-7,12,16H,8-11,13H2,1H3,(H,26,28). The monoisotopic (exact) mass is 444 g/mol. The number of Topliss-reactive ketones (excluding diaryl/α,β-unsaturated/α-hetero) is 1. The molecular formula is C23H22F2N2O5. The number of ketones is 1. The smallest absolute Gasteiger partial charge is 0.309 e. The Morgan fingerprint density at radius 2 is 1.69 bits per heavy atom. The first-order valence-electron chi connectivity index (χ1n) is 10.1. The summed E-state index contributed by atoms with van der Waals surface area (Å²) < 4.78 is 32.2. The van der Waals surface area contributed by atoms with Gasteiger partial charge in [-0.1, -0.05) is 0 Å². The van der Waals surface area contributed by atoms with Crippen LogP contribution in [-0.4, -0.2) is 48.2 Å². The van der Waals surface area contributed by atoms with Crippen molar-refractivity contribution in [2.75, 3.05) is 25.0 Å². The number of esters is 1. The van der Waals surface area contributed by atoms with Crippen molar-refractivity contribution in [1.29, 1.82) is 0 Å². The highest BCUT2D eigenvalue weighted by molar-refractivity contribution is 5.99. The number of amides is 2. The van der Waals surface area contributed by atoms with Gasteiger partial charge in [0.25, 0.3) is 5.91 Å². The second kappa shape index (κ2) is 10.1. The van der Waals surface area contributed by atoms with E-state index in [9.17, 15) is 28.0 Å². The number of rotatable bonds is 6. The van der Waals surface area contributed by atoms with Gasteiger partial charge in [-0.2, -0.15) is 0 Å². The summed E-state index contributed by atoms with van der Waals surface area (Å²) in [4.78, 5) is 49.6. The van der Waals surface area contributed by atoms with Gasteiger partial charge in [-0.15, -0.1) is 0 Å². The van der Waals surface area contributed by atoms with E-state index >= 15 is 0 Å². The van der Waals surface area contributed by atoms with Crippen molar-refractivity contribution in [3.63, 3.8) is 0 Å². The first-order valence-corrected chi connectivity index (χ1v) is 10.1. The van der Waals surface area contributed by atoms with Gasteiger partial charge >= 0.3 is 5.97 Å². The van der Waals surface area contributed by atoms with Crippen molar-refractivity contribution in [3.05, 3.63) is 65.2 Å². The lowest BCUT2D eigenvalue weighted by Crippen LogP contribution is -2.40. The van der Waals surface area contributed by atoms with Crippen LogP contribution in [0.1, 0.15) is 40.5 Å². The van der Waals surface area contributed by atoms with Crippen LogP contribution in [0.3, 0.4) is 0 Å². The second-order valence-corrected chi connectivity index (χ2v) is 7.48. The number of ether oxygens (including phenoxy) is 1. The normalized spacial score (nSPS) is 14.0. The Morgan fingerprint density at radius 3 is 2.28 bits per heavy atom. The van der Waals surface area contributed by atoms with Crippen LogP contribution in [0.5, 0.6) is 0 Å². The van der Waals surface area contributed by atoms with Gasteiger partial charge in [0.05, 0.1) is 11.5 Å². The van der Waals surface area contributed by atoms with Crippen molar-refractivity contribution in [1.82, 2.24) is 4.90 Å². The predicted molar refractivity (Wildman–Crippen MR) is 111 cm³/mol. The zero-order valence-corrected chi connectivity index (χ0v) is 17.4. The van der Waals surface area contributed by atoms with Crippen LogP contribution in [-0.2, 0) is 14.3 Å². The molecule has 7 nitrogen and oxygen atoms in total. The molecule has 1 fully saturated rings. The fraction of sp³-hybridized carbons (Fsp3) is 0.304. The number of carbonyl (C=O) groups excluding carboxylic acids is 4. The summed E-state index contributed by atoms with van der Waals surface area (Å²) in [5.41, 5.74) is 0.335. The molecule has 1 aliphatic rings. The van der Waals surface area contributed by atoms with E-state index in [4.69, 9.17) is 4.74 Å². The Labute approximate surface area is 183 Å². The van der Waals surface area contributed by atoms with Crippen LogP contribution < -0.4 is 5.32 Å². The van der Waals surface area contributed by atoms with Crippen LogP contribution in [0.4, 0.5) is 14.5 Å². The third-order valence-corrected chi connectivity index (χ3v) is 5.14. The topological polar surface area (TPSA) is 92.8 Å². The molecule has 32 heavy (non-hydrogen) atoms. The van der Waals surface area contributed by atoms with Gasteiger partial charge in [0, 0.05) is 31.3 Å². The van der Waals surface area contributed by atoms with E-state index in [2.05, 4.69) is 5.32 Å². The average molecular weight is 444 g/mol. The molecule has 0 aromatic heterocycles. The van der Waals surface area contributed by atoms with Crippen LogP contribution >= 0.6 is 0 Å². The van der Waals surface area contributed by atoms with E-state index in [-0.39, 0.29) is 23.1 Å². The predicted octanol–water partition coefficient (Wildman–Crippen LogP) is 3.20. The van der Waals surface area contributed by atoms with E-state index in [1.807, 2.05) is 0 Å². The maximum absolute atomic E-state index is 14.1. The quantitative estimate of drug-likeness (QED) is 0.546. The van der Waals surface area contributed by atoms with Gasteiger partial charge in [-0.05, 0) is 55.3 Å². The second-order valence-electron chi connectivity index (χ2n) is 7.48. The van der Waals surface area contributed by atoms with Crippen LogP contribution in [0.2, 0.25) is 0 Å². The van der Waals surface area contributed by atoms with Gasteiger partial charge in [-0.25, -0.2) is 8.78 Å². The van der Waals surface area contributed by atoms with Gasteiger partial charge in [0.1, 0.15) is 11.6 Å². The third-order valence-electron chi connectivity index (χ3n) is 5.14. The number of halogens is 2. The Kier molecular flexibility index (Phi) is 7.29. The number of hydrogen-bond donors (Lipinski definition) is 1. The minimum Gasteiger partial charge on any atom is -0.457 e. The molecule has 0 aliphatic carbocycles. The fourth-order valence-electron chi connectivity index (χ4n) is 3.45. The van der Waals surface area contributed by atoms with Crippen molar-refractivity contribution >= 4 is 29.3 Å². The molecule has 1 N–H and O–H groups in total. The van der Waals surface area contributed by atoms with Gasteiger partial charge in [0.15, 0.2) is 6.61 Å². The molecule has 9 heteroatoms. The summed E-state index contributed by atoms with van der Waals surface area (Å²) in [6.45, 7) is 1.32. The molecule has 2 aromatic rings. The molecule has 0 unspecified atom stereocenters. The van der Waals surface area contributed by atoms with Crippen molar-refractivity contribution in [2.45, 2.75) is 19.8 Å². The first kappa shape index (κ1) is 23.1. The maximum Gasteiger partial charge on any atom is 0.309 e.